The number of benzene rings is 2. The third kappa shape index (κ3) is 5.07. The molecular weight excluding hydrogens is 512 g/mol. The third-order valence-electron chi connectivity index (χ3n) is 6.33. The van der Waals surface area contributed by atoms with Crippen molar-refractivity contribution < 1.29 is 31.9 Å². The maximum absolute atomic E-state index is 13.1. The molecule has 12 heteroatoms. The Morgan fingerprint density at radius 1 is 0.974 bits per heavy atom. The van der Waals surface area contributed by atoms with E-state index in [-0.39, 0.29) is 17.2 Å². The number of carbonyl (C=O) groups excluding carboxylic acids is 1. The van der Waals surface area contributed by atoms with Gasteiger partial charge in [0.05, 0.1) is 44.6 Å². The number of aromatic nitrogens is 3. The number of carbonyl (C=O) groups is 1. The number of anilines is 1. The molecule has 1 N–H and O–H groups in total. The second-order valence-electron chi connectivity index (χ2n) is 8.75. The van der Waals surface area contributed by atoms with Crippen LogP contribution in [0, 0.1) is 0 Å². The van der Waals surface area contributed by atoms with Crippen LogP contribution >= 0.6 is 0 Å². The molecule has 0 radical (unpaired) electrons. The summed E-state index contributed by atoms with van der Waals surface area (Å²) in [7, 11) is 1.46. The van der Waals surface area contributed by atoms with Gasteiger partial charge >= 0.3 is 0 Å². The fourth-order valence-corrected chi connectivity index (χ4v) is 6.02. The van der Waals surface area contributed by atoms with Gasteiger partial charge in [-0.3, -0.25) is 4.79 Å². The molecule has 11 nitrogen and oxygen atoms in total. The van der Waals surface area contributed by atoms with Crippen molar-refractivity contribution in [1.29, 1.82) is 0 Å². The number of hydrogen-bond acceptors (Lipinski definition) is 9. The zero-order chi connectivity index (χ0) is 26.9. The molecule has 198 valence electrons. The van der Waals surface area contributed by atoms with Crippen molar-refractivity contribution >= 4 is 21.6 Å². The van der Waals surface area contributed by atoms with Crippen LogP contribution < -0.4 is 19.5 Å². The standard InChI is InChI=1S/C26H26N4O7S/c1-34-19-7-4-16(5-8-19)23-13-21(29-37-23)26(31)27-25-14-20(17-6-9-22(35-2)24(12-17)36-3)28-30(25)18-10-11-38(32,33)15-18/h4-9,12-14,18H,10-11,15H2,1-3H3,(H,27,31)/t18-/m1/s1. The minimum atomic E-state index is -3.19. The lowest BCUT2D eigenvalue weighted by Crippen LogP contribution is -2.19. The Morgan fingerprint density at radius 2 is 1.71 bits per heavy atom. The molecule has 38 heavy (non-hydrogen) atoms. The molecule has 1 atom stereocenters. The van der Waals surface area contributed by atoms with Gasteiger partial charge in [0.1, 0.15) is 11.6 Å². The van der Waals surface area contributed by atoms with E-state index in [9.17, 15) is 13.2 Å². The zero-order valence-electron chi connectivity index (χ0n) is 21.0. The summed E-state index contributed by atoms with van der Waals surface area (Å²) in [6.07, 6.45) is 0.393. The summed E-state index contributed by atoms with van der Waals surface area (Å²) in [5, 5.41) is 11.4. The highest BCUT2D eigenvalue weighted by Gasteiger charge is 2.32. The summed E-state index contributed by atoms with van der Waals surface area (Å²) in [6, 6.07) is 15.3. The van der Waals surface area contributed by atoms with E-state index in [0.29, 0.717) is 46.5 Å². The van der Waals surface area contributed by atoms with Crippen molar-refractivity contribution in [3.8, 4) is 39.8 Å². The molecule has 2 aromatic carbocycles. The first kappa shape index (κ1) is 25.3. The van der Waals surface area contributed by atoms with Gasteiger partial charge in [-0.15, -0.1) is 0 Å². The number of rotatable bonds is 8. The summed E-state index contributed by atoms with van der Waals surface area (Å²) in [5.74, 6) is 2.01. The van der Waals surface area contributed by atoms with Crippen LogP contribution in [0.5, 0.6) is 17.2 Å². The lowest BCUT2D eigenvalue weighted by atomic mass is 10.1. The summed E-state index contributed by atoms with van der Waals surface area (Å²) >= 11 is 0. The summed E-state index contributed by atoms with van der Waals surface area (Å²) in [6.45, 7) is 0. The number of amides is 1. The Morgan fingerprint density at radius 3 is 2.37 bits per heavy atom. The van der Waals surface area contributed by atoms with Gasteiger partial charge in [-0.2, -0.15) is 5.10 Å². The number of ether oxygens (including phenoxy) is 3. The monoisotopic (exact) mass is 538 g/mol. The van der Waals surface area contributed by atoms with Crippen LogP contribution in [0.15, 0.2) is 59.1 Å². The topological polar surface area (TPSA) is 135 Å². The zero-order valence-corrected chi connectivity index (χ0v) is 21.8. The summed E-state index contributed by atoms with van der Waals surface area (Å²) in [4.78, 5) is 13.1. The average Bonchev–Trinajstić information content (AvgIpc) is 3.67. The fraction of sp³-hybridized carbons (Fsp3) is 0.269. The lowest BCUT2D eigenvalue weighted by Gasteiger charge is -2.13. The average molecular weight is 539 g/mol. The number of hydrogen-bond donors (Lipinski definition) is 1. The molecule has 1 amide bonds. The van der Waals surface area contributed by atoms with Crippen molar-refractivity contribution in [2.24, 2.45) is 0 Å². The Labute approximate surface area is 219 Å². The lowest BCUT2D eigenvalue weighted by molar-refractivity contribution is 0.101. The van der Waals surface area contributed by atoms with E-state index in [4.69, 9.17) is 18.7 Å². The Kier molecular flexibility index (Phi) is 6.81. The minimum absolute atomic E-state index is 0.0606. The smallest absolute Gasteiger partial charge is 0.279 e. The van der Waals surface area contributed by atoms with Crippen LogP contribution in [0.2, 0.25) is 0 Å². The highest BCUT2D eigenvalue weighted by molar-refractivity contribution is 7.91. The highest BCUT2D eigenvalue weighted by atomic mass is 32.2. The van der Waals surface area contributed by atoms with Crippen LogP contribution in [0.1, 0.15) is 23.0 Å². The summed E-state index contributed by atoms with van der Waals surface area (Å²) in [5.41, 5.74) is 2.04. The van der Waals surface area contributed by atoms with Gasteiger partial charge in [-0.25, -0.2) is 13.1 Å². The number of sulfone groups is 1. The van der Waals surface area contributed by atoms with Crippen molar-refractivity contribution in [3.05, 3.63) is 60.3 Å². The molecule has 0 unspecified atom stereocenters. The van der Waals surface area contributed by atoms with Gasteiger partial charge in [-0.05, 0) is 48.9 Å². The van der Waals surface area contributed by atoms with Gasteiger partial charge in [0.15, 0.2) is 32.8 Å². The van der Waals surface area contributed by atoms with Crippen LogP contribution in [0.3, 0.4) is 0 Å². The maximum Gasteiger partial charge on any atom is 0.279 e. The van der Waals surface area contributed by atoms with Crippen molar-refractivity contribution in [3.63, 3.8) is 0 Å². The highest BCUT2D eigenvalue weighted by Crippen LogP contribution is 2.35. The van der Waals surface area contributed by atoms with E-state index >= 15 is 0 Å². The molecule has 2 aromatic heterocycles. The Bertz CT molecular complexity index is 1580. The van der Waals surface area contributed by atoms with Crippen LogP contribution in [-0.4, -0.2) is 62.1 Å². The number of methoxy groups -OCH3 is 3. The van der Waals surface area contributed by atoms with Crippen LogP contribution in [0.4, 0.5) is 5.82 Å². The normalized spacial score (nSPS) is 16.2. The molecule has 3 heterocycles. The molecule has 1 saturated heterocycles. The summed E-state index contributed by atoms with van der Waals surface area (Å²) < 4.78 is 47.2. The Hall–Kier alpha value is -4.32. The quantitative estimate of drug-likeness (QED) is 0.355. The van der Waals surface area contributed by atoms with Crippen LogP contribution in [-0.2, 0) is 9.84 Å². The van der Waals surface area contributed by atoms with Gasteiger partial charge in [0.25, 0.3) is 5.91 Å². The predicted octanol–water partition coefficient (Wildman–Crippen LogP) is 3.84. The fourth-order valence-electron chi connectivity index (χ4n) is 4.32. The van der Waals surface area contributed by atoms with E-state index in [1.54, 1.807) is 61.4 Å². The van der Waals surface area contributed by atoms with E-state index in [0.717, 1.165) is 5.56 Å². The second-order valence-corrected chi connectivity index (χ2v) is 11.0. The van der Waals surface area contributed by atoms with E-state index < -0.39 is 21.8 Å². The maximum atomic E-state index is 13.1. The minimum Gasteiger partial charge on any atom is -0.497 e. The first-order valence-electron chi connectivity index (χ1n) is 11.7. The van der Waals surface area contributed by atoms with Gasteiger partial charge in [0.2, 0.25) is 0 Å². The van der Waals surface area contributed by atoms with Gasteiger partial charge < -0.3 is 24.1 Å². The molecule has 0 aliphatic carbocycles. The second kappa shape index (κ2) is 10.2. The predicted molar refractivity (Wildman–Crippen MR) is 140 cm³/mol. The third-order valence-corrected chi connectivity index (χ3v) is 8.08. The van der Waals surface area contributed by atoms with Crippen molar-refractivity contribution in [2.75, 3.05) is 38.2 Å². The molecule has 4 aromatic rings. The van der Waals surface area contributed by atoms with Crippen molar-refractivity contribution in [2.45, 2.75) is 12.5 Å². The molecule has 0 bridgehead atoms. The Balaban J connectivity index is 1.45. The molecule has 0 spiro atoms. The van der Waals surface area contributed by atoms with E-state index in [1.807, 2.05) is 6.07 Å². The number of nitrogens with zero attached hydrogens (tertiary/aromatic N) is 3. The molecule has 0 saturated carbocycles. The van der Waals surface area contributed by atoms with Crippen molar-refractivity contribution in [1.82, 2.24) is 14.9 Å². The first-order chi connectivity index (χ1) is 18.3. The first-order valence-corrected chi connectivity index (χ1v) is 13.6. The SMILES string of the molecule is COc1ccc(-c2cc(C(=O)Nc3cc(-c4ccc(OC)c(OC)c4)nn3[C@@H]3CCS(=O)(=O)C3)no2)cc1. The van der Waals surface area contributed by atoms with Crippen LogP contribution in [0.25, 0.3) is 22.6 Å². The van der Waals surface area contributed by atoms with E-state index in [2.05, 4.69) is 15.6 Å². The molecule has 1 aliphatic heterocycles. The van der Waals surface area contributed by atoms with Gasteiger partial charge in [0, 0.05) is 23.3 Å². The molecular formula is C26H26N4O7S. The molecule has 1 aliphatic rings. The molecule has 5 rings (SSSR count). The van der Waals surface area contributed by atoms with Gasteiger partial charge in [-0.1, -0.05) is 5.16 Å². The number of nitrogens with one attached hydrogen (secondary N) is 1. The largest absolute Gasteiger partial charge is 0.497 e. The molecule has 1 fully saturated rings. The van der Waals surface area contributed by atoms with E-state index in [1.165, 1.54) is 13.2 Å².